The molecule has 0 aliphatic carbocycles. The Morgan fingerprint density at radius 1 is 1.07 bits per heavy atom. The summed E-state index contributed by atoms with van der Waals surface area (Å²) in [4.78, 5) is 23.4. The van der Waals surface area contributed by atoms with Crippen molar-refractivity contribution in [2.75, 3.05) is 6.54 Å². The molecule has 0 radical (unpaired) electrons. The van der Waals surface area contributed by atoms with Crippen LogP contribution in [0.3, 0.4) is 0 Å². The number of aliphatic imine (C=N–C) groups is 1. The molecule has 1 aromatic heterocycles. The third-order valence-corrected chi connectivity index (χ3v) is 4.88. The maximum atomic E-state index is 12.6. The van der Waals surface area contributed by atoms with Gasteiger partial charge in [-0.2, -0.15) is 0 Å². The predicted octanol–water partition coefficient (Wildman–Crippen LogP) is 5.29. The number of unbranched alkanes of at least 4 members (excludes halogenated alkanes) is 2. The van der Waals surface area contributed by atoms with Gasteiger partial charge >= 0.3 is 0 Å². The van der Waals surface area contributed by atoms with Crippen LogP contribution in [0, 0.1) is 0 Å². The van der Waals surface area contributed by atoms with E-state index in [1.807, 2.05) is 61.5 Å². The number of fused-ring (bicyclic) bond motifs is 1. The first kappa shape index (κ1) is 18.2. The van der Waals surface area contributed by atoms with Gasteiger partial charge in [0.1, 0.15) is 17.0 Å². The number of aromatic nitrogens is 1. The van der Waals surface area contributed by atoms with Crippen LogP contribution < -0.4 is 0 Å². The Bertz CT molecular complexity index is 1030. The van der Waals surface area contributed by atoms with E-state index in [0.717, 1.165) is 53.9 Å². The number of nitrogens with zero attached hydrogens (tertiary/aromatic N) is 3. The molecule has 5 nitrogen and oxygen atoms in total. The van der Waals surface area contributed by atoms with Gasteiger partial charge < -0.3 is 4.42 Å². The maximum Gasteiger partial charge on any atom is 0.277 e. The number of carbonyl (C=O) groups is 1. The van der Waals surface area contributed by atoms with Crippen LogP contribution in [0.2, 0.25) is 0 Å². The lowest BCUT2D eigenvalue weighted by atomic mass is 10.1. The molecule has 0 spiro atoms. The Morgan fingerprint density at radius 2 is 1.86 bits per heavy atom. The molecule has 1 aliphatic heterocycles. The smallest absolute Gasteiger partial charge is 0.277 e. The highest BCUT2D eigenvalue weighted by atomic mass is 16.3. The fourth-order valence-electron chi connectivity index (χ4n) is 3.32. The van der Waals surface area contributed by atoms with Crippen molar-refractivity contribution in [1.82, 2.24) is 9.88 Å². The molecule has 3 aromatic rings. The third kappa shape index (κ3) is 3.60. The van der Waals surface area contributed by atoms with Gasteiger partial charge in [0.25, 0.3) is 5.91 Å². The lowest BCUT2D eigenvalue weighted by Gasteiger charge is -2.15. The number of hydrogen-bond donors (Lipinski definition) is 0. The quantitative estimate of drug-likeness (QED) is 0.436. The summed E-state index contributed by atoms with van der Waals surface area (Å²) in [5.41, 5.74) is 3.93. The van der Waals surface area contributed by atoms with E-state index >= 15 is 0 Å². The summed E-state index contributed by atoms with van der Waals surface area (Å²) in [6.45, 7) is 4.78. The molecule has 2 heterocycles. The minimum atomic E-state index is -0.0170. The van der Waals surface area contributed by atoms with E-state index < -0.39 is 0 Å². The monoisotopic (exact) mass is 373 g/mol. The number of benzene rings is 2. The predicted molar refractivity (Wildman–Crippen MR) is 112 cm³/mol. The normalized spacial score (nSPS) is 15.6. The summed E-state index contributed by atoms with van der Waals surface area (Å²) in [6.07, 6.45) is 5.09. The molecule has 0 bridgehead atoms. The molecule has 0 atom stereocenters. The van der Waals surface area contributed by atoms with Crippen molar-refractivity contribution in [3.63, 3.8) is 0 Å². The van der Waals surface area contributed by atoms with E-state index in [-0.39, 0.29) is 5.91 Å². The van der Waals surface area contributed by atoms with E-state index in [0.29, 0.717) is 11.6 Å². The molecule has 2 aromatic carbocycles. The summed E-state index contributed by atoms with van der Waals surface area (Å²) in [5.74, 6) is 1.35. The van der Waals surface area contributed by atoms with Gasteiger partial charge in [-0.15, -0.1) is 0 Å². The Labute approximate surface area is 164 Å². The van der Waals surface area contributed by atoms with Crippen molar-refractivity contribution in [3.05, 3.63) is 59.8 Å². The van der Waals surface area contributed by atoms with Crippen LogP contribution in [0.15, 0.2) is 63.6 Å². The average molecular weight is 373 g/mol. The second kappa shape index (κ2) is 7.80. The SMILES string of the molecule is CCCCCN1C(=O)/C(=C\c2ccc(-c3nc4ccccc4o3)cc2)N=C1C. The Balaban J connectivity index is 1.52. The molecule has 0 unspecified atom stereocenters. The van der Waals surface area contributed by atoms with Gasteiger partial charge in [0.15, 0.2) is 5.58 Å². The molecule has 1 amide bonds. The zero-order chi connectivity index (χ0) is 19.5. The van der Waals surface area contributed by atoms with Crippen molar-refractivity contribution >= 4 is 28.9 Å². The second-order valence-corrected chi connectivity index (χ2v) is 6.96. The third-order valence-electron chi connectivity index (χ3n) is 4.88. The van der Waals surface area contributed by atoms with Gasteiger partial charge in [0, 0.05) is 12.1 Å². The average Bonchev–Trinajstić information content (AvgIpc) is 3.25. The van der Waals surface area contributed by atoms with Crippen LogP contribution in [0.5, 0.6) is 0 Å². The molecule has 0 saturated heterocycles. The molecule has 1 aliphatic rings. The number of amides is 1. The topological polar surface area (TPSA) is 58.7 Å². The molecule has 0 saturated carbocycles. The molecule has 0 N–H and O–H groups in total. The Hall–Kier alpha value is -3.21. The molecule has 5 heteroatoms. The van der Waals surface area contributed by atoms with E-state index in [1.165, 1.54) is 0 Å². The number of rotatable bonds is 6. The van der Waals surface area contributed by atoms with Gasteiger partial charge in [-0.3, -0.25) is 9.69 Å². The van der Waals surface area contributed by atoms with Crippen LogP contribution in [-0.4, -0.2) is 28.2 Å². The minimum absolute atomic E-state index is 0.0170. The molecule has 28 heavy (non-hydrogen) atoms. The van der Waals surface area contributed by atoms with Gasteiger partial charge in [-0.05, 0) is 49.2 Å². The van der Waals surface area contributed by atoms with E-state index in [9.17, 15) is 4.79 Å². The first-order chi connectivity index (χ1) is 13.7. The second-order valence-electron chi connectivity index (χ2n) is 6.96. The molecule has 4 rings (SSSR count). The first-order valence-electron chi connectivity index (χ1n) is 9.70. The molecule has 0 fully saturated rings. The van der Waals surface area contributed by atoms with Crippen molar-refractivity contribution in [2.24, 2.45) is 4.99 Å². The fraction of sp³-hybridized carbons (Fsp3) is 0.261. The summed E-state index contributed by atoms with van der Waals surface area (Å²) in [5, 5.41) is 0. The van der Waals surface area contributed by atoms with Crippen LogP contribution >= 0.6 is 0 Å². The van der Waals surface area contributed by atoms with Gasteiger partial charge in [0.2, 0.25) is 5.89 Å². The lowest BCUT2D eigenvalue weighted by Crippen LogP contribution is -2.31. The number of amidine groups is 1. The zero-order valence-electron chi connectivity index (χ0n) is 16.2. The Kier molecular flexibility index (Phi) is 5.06. The fourth-order valence-corrected chi connectivity index (χ4v) is 3.32. The number of hydrogen-bond acceptors (Lipinski definition) is 4. The van der Waals surface area contributed by atoms with E-state index in [2.05, 4.69) is 16.9 Å². The summed E-state index contributed by atoms with van der Waals surface area (Å²) >= 11 is 0. The van der Waals surface area contributed by atoms with Gasteiger partial charge in [-0.1, -0.05) is 44.0 Å². The van der Waals surface area contributed by atoms with Crippen molar-refractivity contribution in [1.29, 1.82) is 0 Å². The van der Waals surface area contributed by atoms with Gasteiger partial charge in [-0.25, -0.2) is 9.98 Å². The van der Waals surface area contributed by atoms with Crippen molar-refractivity contribution in [3.8, 4) is 11.5 Å². The van der Waals surface area contributed by atoms with E-state index in [1.54, 1.807) is 4.90 Å². The number of carbonyl (C=O) groups excluding carboxylic acids is 1. The highest BCUT2D eigenvalue weighted by Crippen LogP contribution is 2.25. The highest BCUT2D eigenvalue weighted by molar-refractivity contribution is 6.13. The van der Waals surface area contributed by atoms with Gasteiger partial charge in [0.05, 0.1) is 0 Å². The molecule has 142 valence electrons. The van der Waals surface area contributed by atoms with Crippen LogP contribution in [0.4, 0.5) is 0 Å². The Morgan fingerprint density at radius 3 is 2.61 bits per heavy atom. The van der Waals surface area contributed by atoms with Crippen LogP contribution in [0.1, 0.15) is 38.7 Å². The van der Waals surface area contributed by atoms with Crippen LogP contribution in [-0.2, 0) is 4.79 Å². The largest absolute Gasteiger partial charge is 0.436 e. The molecular weight excluding hydrogens is 350 g/mol. The summed E-state index contributed by atoms with van der Waals surface area (Å²) in [6, 6.07) is 15.5. The highest BCUT2D eigenvalue weighted by Gasteiger charge is 2.26. The van der Waals surface area contributed by atoms with Crippen LogP contribution in [0.25, 0.3) is 28.6 Å². The summed E-state index contributed by atoms with van der Waals surface area (Å²) in [7, 11) is 0. The zero-order valence-corrected chi connectivity index (χ0v) is 16.2. The number of oxazole rings is 1. The van der Waals surface area contributed by atoms with Crippen molar-refractivity contribution < 1.29 is 9.21 Å². The first-order valence-corrected chi connectivity index (χ1v) is 9.70. The van der Waals surface area contributed by atoms with E-state index in [4.69, 9.17) is 4.42 Å². The lowest BCUT2D eigenvalue weighted by molar-refractivity contribution is -0.122. The summed E-state index contributed by atoms with van der Waals surface area (Å²) < 4.78 is 5.81. The maximum absolute atomic E-state index is 12.6. The number of para-hydroxylation sites is 2. The molecular formula is C23H23N3O2. The standard InChI is InChI=1S/C23H23N3O2/c1-3-4-7-14-26-16(2)24-20(23(26)27)15-17-10-12-18(13-11-17)22-25-19-8-5-6-9-21(19)28-22/h5-6,8-13,15H,3-4,7,14H2,1-2H3/b20-15+. The van der Waals surface area contributed by atoms with Crippen molar-refractivity contribution in [2.45, 2.75) is 33.1 Å². The minimum Gasteiger partial charge on any atom is -0.436 e.